The highest BCUT2D eigenvalue weighted by Gasteiger charge is 2.33. The van der Waals surface area contributed by atoms with Crippen LogP contribution in [0, 0.1) is 5.41 Å². The van der Waals surface area contributed by atoms with E-state index in [2.05, 4.69) is 13.2 Å². The molecule has 136 valence electrons. The van der Waals surface area contributed by atoms with Crippen molar-refractivity contribution in [3.8, 4) is 0 Å². The van der Waals surface area contributed by atoms with Crippen LogP contribution in [0.1, 0.15) is 23.7 Å². The fourth-order valence-corrected chi connectivity index (χ4v) is 1.92. The van der Waals surface area contributed by atoms with Crippen molar-refractivity contribution in [2.45, 2.75) is 19.6 Å². The molecule has 25 heavy (non-hydrogen) atoms. The summed E-state index contributed by atoms with van der Waals surface area (Å²) in [7, 11) is 0. The third-order valence-corrected chi connectivity index (χ3v) is 3.72. The van der Waals surface area contributed by atoms with E-state index < -0.39 is 23.6 Å². The highest BCUT2D eigenvalue weighted by Crippen LogP contribution is 2.25. The van der Waals surface area contributed by atoms with E-state index in [1.807, 2.05) is 6.92 Å². The van der Waals surface area contributed by atoms with Crippen LogP contribution in [0.3, 0.4) is 0 Å². The second-order valence-electron chi connectivity index (χ2n) is 5.54. The number of ether oxygens (including phenoxy) is 3. The molecular formula is C19H24O6. The predicted molar refractivity (Wildman–Crippen MR) is 92.8 cm³/mol. The smallest absolute Gasteiger partial charge is 0.338 e. The molecule has 0 fully saturated rings. The fourth-order valence-electron chi connectivity index (χ4n) is 1.92. The average molecular weight is 348 g/mol. The van der Waals surface area contributed by atoms with E-state index in [1.165, 1.54) is 6.08 Å². The minimum absolute atomic E-state index is 0.0170. The maximum atomic E-state index is 12.1. The van der Waals surface area contributed by atoms with E-state index in [0.29, 0.717) is 12.0 Å². The summed E-state index contributed by atoms with van der Waals surface area (Å²) >= 11 is 0. The summed E-state index contributed by atoms with van der Waals surface area (Å²) in [5.74, 6) is -1.07. The molecule has 1 N–H and O–H groups in total. The third-order valence-electron chi connectivity index (χ3n) is 3.72. The van der Waals surface area contributed by atoms with Crippen molar-refractivity contribution in [2.24, 2.45) is 5.41 Å². The van der Waals surface area contributed by atoms with Gasteiger partial charge in [0.1, 0.15) is 13.2 Å². The van der Waals surface area contributed by atoms with Crippen molar-refractivity contribution in [1.82, 2.24) is 0 Å². The van der Waals surface area contributed by atoms with Crippen LogP contribution in [0.4, 0.5) is 0 Å². The van der Waals surface area contributed by atoms with Crippen LogP contribution in [-0.2, 0) is 19.0 Å². The zero-order valence-corrected chi connectivity index (χ0v) is 14.3. The van der Waals surface area contributed by atoms with E-state index in [1.54, 1.807) is 30.3 Å². The Balaban J connectivity index is 2.79. The molecule has 0 aliphatic heterocycles. The maximum absolute atomic E-state index is 12.1. The van der Waals surface area contributed by atoms with Crippen molar-refractivity contribution in [1.29, 1.82) is 0 Å². The van der Waals surface area contributed by atoms with Gasteiger partial charge in [-0.25, -0.2) is 9.59 Å². The Labute approximate surface area is 147 Å². The van der Waals surface area contributed by atoms with Crippen LogP contribution in [0.2, 0.25) is 0 Å². The van der Waals surface area contributed by atoms with Gasteiger partial charge in [0.05, 0.1) is 17.6 Å². The zero-order valence-electron chi connectivity index (χ0n) is 14.3. The third kappa shape index (κ3) is 6.91. The molecular weight excluding hydrogens is 324 g/mol. The molecule has 0 saturated heterocycles. The van der Waals surface area contributed by atoms with E-state index in [-0.39, 0.29) is 19.8 Å². The molecule has 2 unspecified atom stereocenters. The van der Waals surface area contributed by atoms with Gasteiger partial charge >= 0.3 is 11.9 Å². The molecule has 0 bridgehead atoms. The molecule has 0 aliphatic carbocycles. The lowest BCUT2D eigenvalue weighted by Crippen LogP contribution is -2.39. The Kier molecular flexibility index (Phi) is 8.60. The van der Waals surface area contributed by atoms with E-state index in [0.717, 1.165) is 6.08 Å². The predicted octanol–water partition coefficient (Wildman–Crippen LogP) is 2.49. The lowest BCUT2D eigenvalue weighted by Gasteiger charge is -2.31. The standard InChI is InChI=1S/C19H24O6/c1-4-16(20)23-12-19(6-3,13-24-17(21)5-2)14-25-18(22)15-10-8-7-9-11-15/h4-5,7-11,16,20H,1-2,6,12-14H2,3H3. The van der Waals surface area contributed by atoms with Crippen molar-refractivity contribution < 1.29 is 28.9 Å². The van der Waals surface area contributed by atoms with Crippen molar-refractivity contribution in [3.05, 3.63) is 61.2 Å². The van der Waals surface area contributed by atoms with E-state index in [9.17, 15) is 14.7 Å². The number of aliphatic hydroxyl groups excluding tert-OH is 1. The molecule has 6 heteroatoms. The molecule has 0 heterocycles. The van der Waals surface area contributed by atoms with Gasteiger partial charge in [0.15, 0.2) is 6.29 Å². The van der Waals surface area contributed by atoms with Gasteiger partial charge in [-0.15, -0.1) is 0 Å². The summed E-state index contributed by atoms with van der Waals surface area (Å²) in [4.78, 5) is 23.5. The number of hydrogen-bond donors (Lipinski definition) is 1. The number of hydrogen-bond acceptors (Lipinski definition) is 6. The van der Waals surface area contributed by atoms with Crippen LogP contribution in [-0.4, -0.2) is 43.2 Å². The summed E-state index contributed by atoms with van der Waals surface area (Å²) in [6.45, 7) is 8.56. The first-order chi connectivity index (χ1) is 12.0. The topological polar surface area (TPSA) is 82.1 Å². The van der Waals surface area contributed by atoms with Gasteiger partial charge in [0, 0.05) is 6.08 Å². The second kappa shape index (κ2) is 10.4. The number of carbonyl (C=O) groups is 2. The molecule has 0 amide bonds. The molecule has 0 radical (unpaired) electrons. The van der Waals surface area contributed by atoms with Gasteiger partial charge in [-0.3, -0.25) is 0 Å². The van der Waals surface area contributed by atoms with E-state index in [4.69, 9.17) is 14.2 Å². The van der Waals surface area contributed by atoms with Gasteiger partial charge in [-0.05, 0) is 24.6 Å². The largest absolute Gasteiger partial charge is 0.462 e. The van der Waals surface area contributed by atoms with Gasteiger partial charge in [-0.2, -0.15) is 0 Å². The summed E-state index contributed by atoms with van der Waals surface area (Å²) in [5, 5.41) is 9.52. The Hall–Kier alpha value is -2.44. The molecule has 1 rings (SSSR count). The van der Waals surface area contributed by atoms with Crippen LogP contribution < -0.4 is 0 Å². The van der Waals surface area contributed by atoms with Crippen LogP contribution in [0.5, 0.6) is 0 Å². The lowest BCUT2D eigenvalue weighted by molar-refractivity contribution is -0.151. The quantitative estimate of drug-likeness (QED) is 0.286. The summed E-state index contributed by atoms with van der Waals surface area (Å²) in [5.41, 5.74) is -0.379. The molecule has 6 nitrogen and oxygen atoms in total. The number of carbonyl (C=O) groups excluding carboxylic acids is 2. The molecule has 0 aliphatic rings. The minimum Gasteiger partial charge on any atom is -0.462 e. The Bertz CT molecular complexity index is 583. The highest BCUT2D eigenvalue weighted by molar-refractivity contribution is 5.89. The summed E-state index contributed by atoms with van der Waals surface area (Å²) < 4.78 is 15.8. The number of rotatable bonds is 11. The Morgan fingerprint density at radius 1 is 1.16 bits per heavy atom. The molecule has 1 aromatic carbocycles. The van der Waals surface area contributed by atoms with Crippen molar-refractivity contribution in [3.63, 3.8) is 0 Å². The molecule has 1 aromatic rings. The highest BCUT2D eigenvalue weighted by atomic mass is 16.6. The van der Waals surface area contributed by atoms with Crippen molar-refractivity contribution >= 4 is 11.9 Å². The normalized spacial score (nSPS) is 14.0. The molecule has 0 spiro atoms. The number of esters is 2. The van der Waals surface area contributed by atoms with Gasteiger partial charge in [-0.1, -0.05) is 38.3 Å². The Morgan fingerprint density at radius 2 is 1.80 bits per heavy atom. The SMILES string of the molecule is C=CC(=O)OCC(CC)(COC(=O)c1ccccc1)COC(O)C=C. The summed E-state index contributed by atoms with van der Waals surface area (Å²) in [6.07, 6.45) is 1.61. The molecule has 0 aromatic heterocycles. The van der Waals surface area contributed by atoms with Crippen molar-refractivity contribution in [2.75, 3.05) is 19.8 Å². The zero-order chi connectivity index (χ0) is 18.7. The average Bonchev–Trinajstić information content (AvgIpc) is 2.67. The fraction of sp³-hybridized carbons (Fsp3) is 0.368. The number of aliphatic hydroxyl groups is 1. The van der Waals surface area contributed by atoms with Gasteiger partial charge in [0.2, 0.25) is 0 Å². The first kappa shape index (κ1) is 20.6. The van der Waals surface area contributed by atoms with E-state index >= 15 is 0 Å². The second-order valence-corrected chi connectivity index (χ2v) is 5.54. The molecule has 0 saturated carbocycles. The minimum atomic E-state index is -1.16. The monoisotopic (exact) mass is 348 g/mol. The maximum Gasteiger partial charge on any atom is 0.338 e. The summed E-state index contributed by atoms with van der Waals surface area (Å²) in [6, 6.07) is 8.56. The van der Waals surface area contributed by atoms with Crippen LogP contribution in [0.25, 0.3) is 0 Å². The van der Waals surface area contributed by atoms with Gasteiger partial charge in [0.25, 0.3) is 0 Å². The first-order valence-electron chi connectivity index (χ1n) is 7.90. The lowest BCUT2D eigenvalue weighted by atomic mass is 9.88. The van der Waals surface area contributed by atoms with Gasteiger partial charge < -0.3 is 19.3 Å². The first-order valence-corrected chi connectivity index (χ1v) is 7.90. The van der Waals surface area contributed by atoms with Crippen LogP contribution in [0.15, 0.2) is 55.6 Å². The van der Waals surface area contributed by atoms with Crippen LogP contribution >= 0.6 is 0 Å². The number of benzene rings is 1. The Morgan fingerprint density at radius 3 is 2.36 bits per heavy atom. The molecule has 2 atom stereocenters.